The van der Waals surface area contributed by atoms with E-state index >= 15 is 0 Å². The maximum Gasteiger partial charge on any atom is 0.248 e. The van der Waals surface area contributed by atoms with Crippen LogP contribution in [-0.4, -0.2) is 25.7 Å². The Hall–Kier alpha value is -3.41. The normalized spacial score (nSPS) is 13.4. The predicted molar refractivity (Wildman–Crippen MR) is 121 cm³/mol. The molecule has 0 saturated carbocycles. The molecule has 2 heterocycles. The first kappa shape index (κ1) is 20.8. The molecule has 3 aromatic rings. The molecular formula is C25H27NO5. The van der Waals surface area contributed by atoms with Crippen molar-refractivity contribution in [2.75, 3.05) is 25.1 Å². The number of carbonyl (C=O) groups is 1. The Labute approximate surface area is 181 Å². The number of amides is 1. The van der Waals surface area contributed by atoms with E-state index in [2.05, 4.69) is 5.32 Å². The van der Waals surface area contributed by atoms with Gasteiger partial charge in [-0.15, -0.1) is 0 Å². The molecular weight excluding hydrogens is 394 g/mol. The molecule has 31 heavy (non-hydrogen) atoms. The maximum atomic E-state index is 12.7. The second-order valence-corrected chi connectivity index (χ2v) is 7.65. The zero-order chi connectivity index (χ0) is 22.1. The zero-order valence-electron chi connectivity index (χ0n) is 18.5. The maximum absolute atomic E-state index is 12.7. The number of allylic oxidation sites excluding steroid dienone is 1. The SMILES string of the molecule is CCOc1c(/C(C)=C/C(=O)Nc2ccc3c(c2)OCCO3)cc2c(C)c(C)oc2c1C. The second-order valence-electron chi connectivity index (χ2n) is 7.65. The van der Waals surface area contributed by atoms with Crippen molar-refractivity contribution in [2.24, 2.45) is 0 Å². The van der Waals surface area contributed by atoms with Gasteiger partial charge in [0.15, 0.2) is 11.5 Å². The topological polar surface area (TPSA) is 69.9 Å². The molecule has 0 radical (unpaired) electrons. The van der Waals surface area contributed by atoms with Crippen LogP contribution < -0.4 is 19.5 Å². The summed E-state index contributed by atoms with van der Waals surface area (Å²) in [5.41, 5.74) is 5.20. The molecule has 0 fully saturated rings. The van der Waals surface area contributed by atoms with E-state index in [1.165, 1.54) is 0 Å². The van der Waals surface area contributed by atoms with Gasteiger partial charge in [-0.25, -0.2) is 0 Å². The van der Waals surface area contributed by atoms with E-state index in [1.54, 1.807) is 24.3 Å². The zero-order valence-corrected chi connectivity index (χ0v) is 18.5. The van der Waals surface area contributed by atoms with E-state index in [-0.39, 0.29) is 5.91 Å². The molecule has 0 spiro atoms. The van der Waals surface area contributed by atoms with Gasteiger partial charge in [-0.3, -0.25) is 4.79 Å². The average molecular weight is 421 g/mol. The summed E-state index contributed by atoms with van der Waals surface area (Å²) in [5, 5.41) is 3.94. The Morgan fingerprint density at radius 2 is 1.84 bits per heavy atom. The van der Waals surface area contributed by atoms with Crippen LogP contribution in [0.25, 0.3) is 16.5 Å². The third-order valence-corrected chi connectivity index (χ3v) is 5.52. The number of furan rings is 1. The number of hydrogen-bond acceptors (Lipinski definition) is 5. The van der Waals surface area contributed by atoms with Crippen molar-refractivity contribution in [3.63, 3.8) is 0 Å². The third kappa shape index (κ3) is 3.98. The van der Waals surface area contributed by atoms with Crippen LogP contribution in [0, 0.1) is 20.8 Å². The first-order chi connectivity index (χ1) is 14.9. The summed E-state index contributed by atoms with van der Waals surface area (Å²) >= 11 is 0. The van der Waals surface area contributed by atoms with Gasteiger partial charge < -0.3 is 23.9 Å². The fourth-order valence-corrected chi connectivity index (χ4v) is 3.81. The van der Waals surface area contributed by atoms with Gasteiger partial charge in [-0.05, 0) is 64.0 Å². The van der Waals surface area contributed by atoms with Crippen LogP contribution >= 0.6 is 0 Å². The predicted octanol–water partition coefficient (Wildman–Crippen LogP) is 5.57. The molecule has 0 unspecified atom stereocenters. The highest BCUT2D eigenvalue weighted by atomic mass is 16.6. The van der Waals surface area contributed by atoms with Gasteiger partial charge in [0.25, 0.3) is 0 Å². The standard InChI is InChI=1S/C25H27NO5/c1-6-28-24-16(4)25-20(15(3)17(5)31-25)13-19(24)14(2)11-23(27)26-18-7-8-21-22(12-18)30-10-9-29-21/h7-8,11-13H,6,9-10H2,1-5H3,(H,26,27)/b14-11+. The van der Waals surface area contributed by atoms with Crippen molar-refractivity contribution >= 4 is 28.1 Å². The molecule has 1 amide bonds. The molecule has 0 aliphatic carbocycles. The number of nitrogens with one attached hydrogen (secondary N) is 1. The lowest BCUT2D eigenvalue weighted by molar-refractivity contribution is -0.111. The van der Waals surface area contributed by atoms with Gasteiger partial charge >= 0.3 is 0 Å². The monoisotopic (exact) mass is 421 g/mol. The minimum Gasteiger partial charge on any atom is -0.493 e. The van der Waals surface area contributed by atoms with Crippen LogP contribution in [-0.2, 0) is 4.79 Å². The van der Waals surface area contributed by atoms with Gasteiger partial charge in [-0.2, -0.15) is 0 Å². The molecule has 4 rings (SSSR count). The Bertz CT molecular complexity index is 1190. The van der Waals surface area contributed by atoms with Gasteiger partial charge in [-0.1, -0.05) is 0 Å². The second kappa shape index (κ2) is 8.38. The van der Waals surface area contributed by atoms with Gasteiger partial charge in [0.05, 0.1) is 6.61 Å². The van der Waals surface area contributed by atoms with E-state index < -0.39 is 0 Å². The lowest BCUT2D eigenvalue weighted by atomic mass is 9.98. The number of anilines is 1. The van der Waals surface area contributed by atoms with Crippen LogP contribution in [0.15, 0.2) is 34.8 Å². The fraction of sp³-hybridized carbons (Fsp3) is 0.320. The molecule has 6 heteroatoms. The number of rotatable bonds is 5. The van der Waals surface area contributed by atoms with Crippen molar-refractivity contribution in [1.29, 1.82) is 0 Å². The summed E-state index contributed by atoms with van der Waals surface area (Å²) in [6.07, 6.45) is 1.59. The van der Waals surface area contributed by atoms with Crippen LogP contribution in [0.3, 0.4) is 0 Å². The molecule has 1 aliphatic rings. The van der Waals surface area contributed by atoms with Crippen molar-refractivity contribution in [3.8, 4) is 17.2 Å². The van der Waals surface area contributed by atoms with Crippen LogP contribution in [0.1, 0.15) is 36.3 Å². The summed E-state index contributed by atoms with van der Waals surface area (Å²) in [6, 6.07) is 7.42. The van der Waals surface area contributed by atoms with Crippen LogP contribution in [0.5, 0.6) is 17.2 Å². The summed E-state index contributed by atoms with van der Waals surface area (Å²) in [5.74, 6) is 2.72. The number of fused-ring (bicyclic) bond motifs is 2. The summed E-state index contributed by atoms with van der Waals surface area (Å²) in [7, 11) is 0. The molecule has 6 nitrogen and oxygen atoms in total. The Balaban J connectivity index is 1.66. The first-order valence-electron chi connectivity index (χ1n) is 10.4. The molecule has 1 aliphatic heterocycles. The van der Waals surface area contributed by atoms with Crippen molar-refractivity contribution < 1.29 is 23.4 Å². The van der Waals surface area contributed by atoms with Crippen LogP contribution in [0.2, 0.25) is 0 Å². The lowest BCUT2D eigenvalue weighted by Gasteiger charge is -2.19. The van der Waals surface area contributed by atoms with Gasteiger partial charge in [0.2, 0.25) is 5.91 Å². The summed E-state index contributed by atoms with van der Waals surface area (Å²) in [4.78, 5) is 12.7. The van der Waals surface area contributed by atoms with E-state index in [1.807, 2.05) is 40.7 Å². The molecule has 1 N–H and O–H groups in total. The Morgan fingerprint density at radius 1 is 1.10 bits per heavy atom. The van der Waals surface area contributed by atoms with Gasteiger partial charge in [0.1, 0.15) is 30.3 Å². The van der Waals surface area contributed by atoms with Crippen LogP contribution in [0.4, 0.5) is 5.69 Å². The molecule has 2 aromatic carbocycles. The van der Waals surface area contributed by atoms with Crippen molar-refractivity contribution in [1.82, 2.24) is 0 Å². The van der Waals surface area contributed by atoms with E-state index in [9.17, 15) is 4.79 Å². The molecule has 162 valence electrons. The Kier molecular flexibility index (Phi) is 5.63. The number of benzene rings is 2. The lowest BCUT2D eigenvalue weighted by Crippen LogP contribution is -2.16. The number of carbonyl (C=O) groups excluding carboxylic acids is 1. The number of hydrogen-bond donors (Lipinski definition) is 1. The Morgan fingerprint density at radius 3 is 2.58 bits per heavy atom. The van der Waals surface area contributed by atoms with Gasteiger partial charge in [0, 0.05) is 34.3 Å². The highest BCUT2D eigenvalue weighted by Gasteiger charge is 2.19. The van der Waals surface area contributed by atoms with E-state index in [4.69, 9.17) is 18.6 Å². The van der Waals surface area contributed by atoms with Crippen molar-refractivity contribution in [2.45, 2.75) is 34.6 Å². The minimum absolute atomic E-state index is 0.227. The van der Waals surface area contributed by atoms with E-state index in [0.717, 1.165) is 44.7 Å². The molecule has 1 aromatic heterocycles. The highest BCUT2D eigenvalue weighted by molar-refractivity contribution is 6.05. The largest absolute Gasteiger partial charge is 0.493 e. The first-order valence-corrected chi connectivity index (χ1v) is 10.4. The quantitative estimate of drug-likeness (QED) is 0.546. The number of aryl methyl sites for hydroxylation is 3. The average Bonchev–Trinajstić information content (AvgIpc) is 3.04. The smallest absolute Gasteiger partial charge is 0.248 e. The summed E-state index contributed by atoms with van der Waals surface area (Å²) in [6.45, 7) is 11.4. The highest BCUT2D eigenvalue weighted by Crippen LogP contribution is 2.39. The third-order valence-electron chi connectivity index (χ3n) is 5.52. The molecule has 0 bridgehead atoms. The number of ether oxygens (including phenoxy) is 3. The summed E-state index contributed by atoms with van der Waals surface area (Å²) < 4.78 is 23.0. The molecule has 0 atom stereocenters. The minimum atomic E-state index is -0.227. The van der Waals surface area contributed by atoms with E-state index in [0.29, 0.717) is 37.0 Å². The van der Waals surface area contributed by atoms with Crippen molar-refractivity contribution in [3.05, 3.63) is 52.8 Å². The molecule has 0 saturated heterocycles. The fourth-order valence-electron chi connectivity index (χ4n) is 3.81.